The zero-order valence-electron chi connectivity index (χ0n) is 12.1. The molecule has 0 spiro atoms. The van der Waals surface area contributed by atoms with Crippen LogP contribution >= 0.6 is 23.2 Å². The van der Waals surface area contributed by atoms with Gasteiger partial charge in [-0.15, -0.1) is 0 Å². The number of imidazole rings is 1. The van der Waals surface area contributed by atoms with Crippen LogP contribution in [0.25, 0.3) is 16.9 Å². The molecule has 3 aromatic rings. The number of nitrogens with zero attached hydrogens (tertiary/aromatic N) is 4. The van der Waals surface area contributed by atoms with E-state index in [9.17, 15) is 4.39 Å². The second-order valence-corrected chi connectivity index (χ2v) is 6.28. The fraction of sp³-hybridized carbons (Fsp3) is 0.250. The molecule has 7 heteroatoms. The molecule has 0 unspecified atom stereocenters. The minimum atomic E-state index is -0.380. The molecule has 0 amide bonds. The Bertz CT molecular complexity index is 887. The standard InChI is InChI=1S/C16H13Cl2FN4/c17-12-9-10(19)3-4-11(12)13-14(18)21-16-20-5-8-23(16)15(13)22-6-1-2-7-22/h3-5,8-9H,1-2,6-7H2. The number of hydrogen-bond acceptors (Lipinski definition) is 3. The second kappa shape index (κ2) is 5.65. The van der Waals surface area contributed by atoms with E-state index in [1.54, 1.807) is 12.3 Å². The van der Waals surface area contributed by atoms with E-state index in [2.05, 4.69) is 14.9 Å². The fourth-order valence-electron chi connectivity index (χ4n) is 3.06. The van der Waals surface area contributed by atoms with Crippen LogP contribution in [-0.2, 0) is 0 Å². The summed E-state index contributed by atoms with van der Waals surface area (Å²) in [4.78, 5) is 10.8. The Morgan fingerprint density at radius 2 is 1.91 bits per heavy atom. The van der Waals surface area contributed by atoms with Crippen LogP contribution in [0.15, 0.2) is 30.6 Å². The third-order valence-electron chi connectivity index (χ3n) is 4.08. The topological polar surface area (TPSA) is 33.4 Å². The van der Waals surface area contributed by atoms with Gasteiger partial charge in [0.25, 0.3) is 0 Å². The van der Waals surface area contributed by atoms with E-state index in [1.165, 1.54) is 12.1 Å². The summed E-state index contributed by atoms with van der Waals surface area (Å²) in [6.07, 6.45) is 5.78. The van der Waals surface area contributed by atoms with E-state index in [-0.39, 0.29) is 5.82 Å². The molecular weight excluding hydrogens is 338 g/mol. The molecule has 0 aliphatic carbocycles. The number of benzene rings is 1. The molecule has 1 aromatic carbocycles. The maximum absolute atomic E-state index is 13.4. The van der Waals surface area contributed by atoms with Gasteiger partial charge in [0.2, 0.25) is 5.78 Å². The smallest absolute Gasteiger partial charge is 0.236 e. The lowest BCUT2D eigenvalue weighted by molar-refractivity contribution is 0.628. The summed E-state index contributed by atoms with van der Waals surface area (Å²) >= 11 is 12.7. The second-order valence-electron chi connectivity index (χ2n) is 5.52. The van der Waals surface area contributed by atoms with Crippen molar-refractivity contribution in [2.24, 2.45) is 0 Å². The average molecular weight is 351 g/mol. The predicted octanol–water partition coefficient (Wildman–Crippen LogP) is 4.44. The number of rotatable bonds is 2. The van der Waals surface area contributed by atoms with Crippen LogP contribution in [0.5, 0.6) is 0 Å². The lowest BCUT2D eigenvalue weighted by Gasteiger charge is -2.23. The molecule has 118 valence electrons. The third kappa shape index (κ3) is 2.44. The molecule has 2 aromatic heterocycles. The minimum absolute atomic E-state index is 0.314. The monoisotopic (exact) mass is 350 g/mol. The van der Waals surface area contributed by atoms with Gasteiger partial charge in [0.1, 0.15) is 16.8 Å². The molecule has 0 radical (unpaired) electrons. The van der Waals surface area contributed by atoms with Crippen LogP contribution in [0.2, 0.25) is 10.2 Å². The van der Waals surface area contributed by atoms with Crippen LogP contribution < -0.4 is 4.90 Å². The first-order valence-electron chi connectivity index (χ1n) is 7.38. The van der Waals surface area contributed by atoms with Crippen molar-refractivity contribution in [1.29, 1.82) is 0 Å². The van der Waals surface area contributed by atoms with E-state index >= 15 is 0 Å². The number of halogens is 3. The molecule has 0 N–H and O–H groups in total. The van der Waals surface area contributed by atoms with Crippen molar-refractivity contribution in [1.82, 2.24) is 14.4 Å². The van der Waals surface area contributed by atoms with Crippen LogP contribution in [-0.4, -0.2) is 27.5 Å². The minimum Gasteiger partial charge on any atom is -0.357 e. The molecule has 1 saturated heterocycles. The molecular formula is C16H13Cl2FN4. The van der Waals surface area contributed by atoms with Crippen LogP contribution in [0.4, 0.5) is 10.2 Å². The van der Waals surface area contributed by atoms with Gasteiger partial charge < -0.3 is 4.90 Å². The van der Waals surface area contributed by atoms with Crippen LogP contribution in [0, 0.1) is 5.82 Å². The number of anilines is 1. The van der Waals surface area contributed by atoms with E-state index in [0.29, 0.717) is 27.1 Å². The molecule has 0 atom stereocenters. The molecule has 4 nitrogen and oxygen atoms in total. The van der Waals surface area contributed by atoms with Crippen LogP contribution in [0.1, 0.15) is 12.8 Å². The van der Waals surface area contributed by atoms with Crippen molar-refractivity contribution >= 4 is 34.8 Å². The van der Waals surface area contributed by atoms with Gasteiger partial charge in [0.05, 0.1) is 10.6 Å². The predicted molar refractivity (Wildman–Crippen MR) is 89.8 cm³/mol. The summed E-state index contributed by atoms with van der Waals surface area (Å²) in [5.74, 6) is 1.07. The Labute approximate surface area is 142 Å². The summed E-state index contributed by atoms with van der Waals surface area (Å²) in [7, 11) is 0. The van der Waals surface area contributed by atoms with Crippen LogP contribution in [0.3, 0.4) is 0 Å². The first-order chi connectivity index (χ1) is 11.1. The van der Waals surface area contributed by atoms with E-state index in [4.69, 9.17) is 23.2 Å². The first kappa shape index (κ1) is 14.7. The molecule has 4 rings (SSSR count). The highest BCUT2D eigenvalue weighted by atomic mass is 35.5. The van der Waals surface area contributed by atoms with Gasteiger partial charge in [-0.25, -0.2) is 9.37 Å². The van der Waals surface area contributed by atoms with Gasteiger partial charge in [-0.1, -0.05) is 23.2 Å². The highest BCUT2D eigenvalue weighted by Gasteiger charge is 2.24. The van der Waals surface area contributed by atoms with E-state index in [1.807, 2.05) is 10.6 Å². The molecule has 3 heterocycles. The Morgan fingerprint density at radius 1 is 1.13 bits per heavy atom. The summed E-state index contributed by atoms with van der Waals surface area (Å²) < 4.78 is 15.3. The largest absolute Gasteiger partial charge is 0.357 e. The Kier molecular flexibility index (Phi) is 3.62. The Balaban J connectivity index is 2.04. The van der Waals surface area contributed by atoms with Gasteiger partial charge in [-0.05, 0) is 31.0 Å². The summed E-state index contributed by atoms with van der Waals surface area (Å²) in [6, 6.07) is 4.31. The maximum atomic E-state index is 13.4. The maximum Gasteiger partial charge on any atom is 0.236 e. The third-order valence-corrected chi connectivity index (χ3v) is 4.67. The van der Waals surface area contributed by atoms with Crippen molar-refractivity contribution in [3.05, 3.63) is 46.6 Å². The highest BCUT2D eigenvalue weighted by molar-refractivity contribution is 6.36. The summed E-state index contributed by atoms with van der Waals surface area (Å²) in [5.41, 5.74) is 1.38. The number of hydrogen-bond donors (Lipinski definition) is 0. The number of fused-ring (bicyclic) bond motifs is 1. The molecule has 1 aliphatic rings. The fourth-order valence-corrected chi connectivity index (χ4v) is 3.59. The van der Waals surface area contributed by atoms with Crippen molar-refractivity contribution in [3.8, 4) is 11.1 Å². The zero-order chi connectivity index (χ0) is 16.0. The Morgan fingerprint density at radius 3 is 2.65 bits per heavy atom. The van der Waals surface area contributed by atoms with Gasteiger partial charge >= 0.3 is 0 Å². The Hall–Kier alpha value is -1.85. The van der Waals surface area contributed by atoms with Crippen molar-refractivity contribution < 1.29 is 4.39 Å². The number of aromatic nitrogens is 3. The SMILES string of the molecule is Fc1ccc(-c2c(Cl)nc3nccn3c2N2CCCC2)c(Cl)c1. The van der Waals surface area contributed by atoms with Crippen molar-refractivity contribution in [3.63, 3.8) is 0 Å². The lowest BCUT2D eigenvalue weighted by Crippen LogP contribution is -2.22. The average Bonchev–Trinajstić information content (AvgIpc) is 3.17. The molecule has 0 saturated carbocycles. The van der Waals surface area contributed by atoms with Crippen molar-refractivity contribution in [2.45, 2.75) is 12.8 Å². The summed E-state index contributed by atoms with van der Waals surface area (Å²) in [5, 5.41) is 0.632. The van der Waals surface area contributed by atoms with Gasteiger partial charge in [-0.2, -0.15) is 4.98 Å². The van der Waals surface area contributed by atoms with Gasteiger partial charge in [0, 0.05) is 31.0 Å². The van der Waals surface area contributed by atoms with E-state index in [0.717, 1.165) is 31.7 Å². The summed E-state index contributed by atoms with van der Waals surface area (Å²) in [6.45, 7) is 1.86. The molecule has 0 bridgehead atoms. The molecule has 1 fully saturated rings. The lowest BCUT2D eigenvalue weighted by atomic mass is 10.1. The van der Waals surface area contributed by atoms with Gasteiger partial charge in [-0.3, -0.25) is 4.40 Å². The normalized spacial score (nSPS) is 14.8. The van der Waals surface area contributed by atoms with Gasteiger partial charge in [0.15, 0.2) is 0 Å². The molecule has 23 heavy (non-hydrogen) atoms. The van der Waals surface area contributed by atoms with Crippen molar-refractivity contribution in [2.75, 3.05) is 18.0 Å². The molecule has 1 aliphatic heterocycles. The first-order valence-corrected chi connectivity index (χ1v) is 8.13. The zero-order valence-corrected chi connectivity index (χ0v) is 13.6. The quantitative estimate of drug-likeness (QED) is 0.640. The van der Waals surface area contributed by atoms with E-state index < -0.39 is 0 Å². The highest BCUT2D eigenvalue weighted by Crippen LogP contribution is 2.41.